The van der Waals surface area contributed by atoms with E-state index in [-0.39, 0.29) is 11.9 Å². The third-order valence-electron chi connectivity index (χ3n) is 4.49. The zero-order valence-electron chi connectivity index (χ0n) is 14.6. The van der Waals surface area contributed by atoms with Gasteiger partial charge in [-0.25, -0.2) is 0 Å². The number of hydrogen-bond acceptors (Lipinski definition) is 3. The molecular formula is C20H24N2O3. The summed E-state index contributed by atoms with van der Waals surface area (Å²) in [4.78, 5) is 15.5. The number of fused-ring (bicyclic) bond motifs is 1. The van der Waals surface area contributed by atoms with Gasteiger partial charge in [0.05, 0.1) is 6.26 Å². The molecule has 0 radical (unpaired) electrons. The lowest BCUT2D eigenvalue weighted by Gasteiger charge is -2.16. The number of H-pyrrole nitrogens is 1. The molecule has 0 aliphatic rings. The van der Waals surface area contributed by atoms with Crippen molar-refractivity contribution in [3.8, 4) is 0 Å². The molecule has 25 heavy (non-hydrogen) atoms. The quantitative estimate of drug-likeness (QED) is 0.614. The van der Waals surface area contributed by atoms with Crippen molar-refractivity contribution in [2.45, 2.75) is 45.3 Å². The van der Waals surface area contributed by atoms with Gasteiger partial charge in [-0.3, -0.25) is 4.79 Å². The lowest BCUT2D eigenvalue weighted by Crippen LogP contribution is -2.33. The van der Waals surface area contributed by atoms with Crippen molar-refractivity contribution in [2.75, 3.05) is 0 Å². The van der Waals surface area contributed by atoms with Crippen LogP contribution in [0.4, 0.5) is 0 Å². The SMILES string of the molecule is Cc1cccc2c(CCC(=O)NC(C)CC(O)c3ccco3)c[nH]c12. The molecule has 0 aliphatic heterocycles. The first-order valence-electron chi connectivity index (χ1n) is 8.61. The second kappa shape index (κ2) is 7.57. The second-order valence-corrected chi connectivity index (χ2v) is 6.55. The average Bonchev–Trinajstić information content (AvgIpc) is 3.23. The van der Waals surface area contributed by atoms with E-state index in [2.05, 4.69) is 29.4 Å². The molecule has 0 bridgehead atoms. The van der Waals surface area contributed by atoms with Gasteiger partial charge in [0.25, 0.3) is 0 Å². The fraction of sp³-hybridized carbons (Fsp3) is 0.350. The van der Waals surface area contributed by atoms with Crippen molar-refractivity contribution in [3.05, 3.63) is 59.7 Å². The molecule has 132 valence electrons. The number of aromatic amines is 1. The molecule has 0 spiro atoms. The molecule has 3 aromatic rings. The molecule has 3 N–H and O–H groups in total. The highest BCUT2D eigenvalue weighted by molar-refractivity contribution is 5.86. The Kier molecular flexibility index (Phi) is 5.24. The monoisotopic (exact) mass is 340 g/mol. The van der Waals surface area contributed by atoms with Crippen LogP contribution in [-0.2, 0) is 11.2 Å². The molecule has 3 rings (SSSR count). The summed E-state index contributed by atoms with van der Waals surface area (Å²) in [5.74, 6) is 0.511. The summed E-state index contributed by atoms with van der Waals surface area (Å²) < 4.78 is 5.18. The predicted molar refractivity (Wildman–Crippen MR) is 97.2 cm³/mol. The Morgan fingerprint density at radius 3 is 2.92 bits per heavy atom. The van der Waals surface area contributed by atoms with E-state index in [0.717, 1.165) is 11.1 Å². The Balaban J connectivity index is 1.51. The van der Waals surface area contributed by atoms with Gasteiger partial charge in [-0.2, -0.15) is 0 Å². The molecule has 5 nitrogen and oxygen atoms in total. The first-order chi connectivity index (χ1) is 12.0. The molecule has 1 aromatic carbocycles. The van der Waals surface area contributed by atoms with Crippen LogP contribution < -0.4 is 5.32 Å². The van der Waals surface area contributed by atoms with Crippen LogP contribution >= 0.6 is 0 Å². The van der Waals surface area contributed by atoms with Crippen molar-refractivity contribution in [3.63, 3.8) is 0 Å². The van der Waals surface area contributed by atoms with E-state index >= 15 is 0 Å². The van der Waals surface area contributed by atoms with Crippen LogP contribution in [0.3, 0.4) is 0 Å². The fourth-order valence-corrected chi connectivity index (χ4v) is 3.16. The molecule has 5 heteroatoms. The topological polar surface area (TPSA) is 78.3 Å². The van der Waals surface area contributed by atoms with E-state index in [1.807, 2.05) is 19.2 Å². The standard InChI is InChI=1S/C20H24N2O3/c1-13-5-3-6-16-15(12-21-20(13)16)8-9-19(24)22-14(2)11-17(23)18-7-4-10-25-18/h3-7,10,12,14,17,21,23H,8-9,11H2,1-2H3,(H,22,24). The van der Waals surface area contributed by atoms with E-state index in [1.54, 1.807) is 12.1 Å². The van der Waals surface area contributed by atoms with Gasteiger partial charge in [-0.05, 0) is 43.5 Å². The smallest absolute Gasteiger partial charge is 0.220 e. The number of amides is 1. The van der Waals surface area contributed by atoms with Gasteiger partial charge in [-0.15, -0.1) is 0 Å². The highest BCUT2D eigenvalue weighted by atomic mass is 16.4. The maximum absolute atomic E-state index is 12.2. The second-order valence-electron chi connectivity index (χ2n) is 6.55. The molecule has 0 aliphatic carbocycles. The molecule has 1 amide bonds. The summed E-state index contributed by atoms with van der Waals surface area (Å²) in [6.45, 7) is 3.96. The van der Waals surface area contributed by atoms with Crippen LogP contribution in [-0.4, -0.2) is 22.0 Å². The number of para-hydroxylation sites is 1. The molecule has 0 fully saturated rings. The number of nitrogens with one attached hydrogen (secondary N) is 2. The molecule has 2 unspecified atom stereocenters. The van der Waals surface area contributed by atoms with Crippen LogP contribution in [0.5, 0.6) is 0 Å². The van der Waals surface area contributed by atoms with E-state index in [1.165, 1.54) is 17.2 Å². The number of aromatic nitrogens is 1. The van der Waals surface area contributed by atoms with Crippen molar-refractivity contribution in [1.29, 1.82) is 0 Å². The zero-order valence-corrected chi connectivity index (χ0v) is 14.6. The third-order valence-corrected chi connectivity index (χ3v) is 4.49. The fourth-order valence-electron chi connectivity index (χ4n) is 3.16. The van der Waals surface area contributed by atoms with E-state index in [0.29, 0.717) is 25.0 Å². The van der Waals surface area contributed by atoms with Crippen LogP contribution in [0, 0.1) is 6.92 Å². The van der Waals surface area contributed by atoms with Crippen molar-refractivity contribution in [2.24, 2.45) is 0 Å². The number of furan rings is 1. The highest BCUT2D eigenvalue weighted by Crippen LogP contribution is 2.22. The van der Waals surface area contributed by atoms with Gasteiger partial charge in [0.1, 0.15) is 11.9 Å². The molecule has 2 atom stereocenters. The molecule has 0 saturated heterocycles. The van der Waals surface area contributed by atoms with Gasteiger partial charge in [0.2, 0.25) is 5.91 Å². The lowest BCUT2D eigenvalue weighted by atomic mass is 10.1. The Morgan fingerprint density at radius 1 is 1.32 bits per heavy atom. The minimum absolute atomic E-state index is 0.0128. The number of carbonyl (C=O) groups excluding carboxylic acids is 1. The van der Waals surface area contributed by atoms with Crippen LogP contribution in [0.25, 0.3) is 10.9 Å². The number of carbonyl (C=O) groups is 1. The van der Waals surface area contributed by atoms with E-state index in [9.17, 15) is 9.90 Å². The van der Waals surface area contributed by atoms with Crippen LogP contribution in [0.2, 0.25) is 0 Å². The van der Waals surface area contributed by atoms with E-state index in [4.69, 9.17) is 4.42 Å². The summed E-state index contributed by atoms with van der Waals surface area (Å²) >= 11 is 0. The number of hydrogen-bond donors (Lipinski definition) is 3. The number of aliphatic hydroxyl groups excluding tert-OH is 1. The number of aliphatic hydroxyl groups is 1. The normalized spacial score (nSPS) is 13.7. The van der Waals surface area contributed by atoms with Gasteiger partial charge < -0.3 is 19.8 Å². The Labute approximate surface area is 147 Å². The zero-order chi connectivity index (χ0) is 17.8. The maximum atomic E-state index is 12.2. The Bertz CT molecular complexity index is 836. The van der Waals surface area contributed by atoms with Crippen LogP contribution in [0.1, 0.15) is 42.8 Å². The van der Waals surface area contributed by atoms with Crippen molar-refractivity contribution >= 4 is 16.8 Å². The highest BCUT2D eigenvalue weighted by Gasteiger charge is 2.16. The van der Waals surface area contributed by atoms with Gasteiger partial charge in [0, 0.05) is 36.0 Å². The minimum Gasteiger partial charge on any atom is -0.467 e. The lowest BCUT2D eigenvalue weighted by molar-refractivity contribution is -0.121. The summed E-state index contributed by atoms with van der Waals surface area (Å²) in [7, 11) is 0. The first kappa shape index (κ1) is 17.3. The van der Waals surface area contributed by atoms with E-state index < -0.39 is 6.10 Å². The van der Waals surface area contributed by atoms with Crippen LogP contribution in [0.15, 0.2) is 47.2 Å². The molecular weight excluding hydrogens is 316 g/mol. The minimum atomic E-state index is -0.707. The first-order valence-corrected chi connectivity index (χ1v) is 8.61. The predicted octanol–water partition coefficient (Wildman–Crippen LogP) is 3.63. The largest absolute Gasteiger partial charge is 0.467 e. The molecule has 2 aromatic heterocycles. The number of aryl methyl sites for hydroxylation is 2. The summed E-state index contributed by atoms with van der Waals surface area (Å²) in [5.41, 5.74) is 3.48. The van der Waals surface area contributed by atoms with Gasteiger partial charge >= 0.3 is 0 Å². The molecule has 2 heterocycles. The van der Waals surface area contributed by atoms with Crippen molar-refractivity contribution in [1.82, 2.24) is 10.3 Å². The Morgan fingerprint density at radius 2 is 2.16 bits per heavy atom. The maximum Gasteiger partial charge on any atom is 0.220 e. The Hall–Kier alpha value is -2.53. The number of benzene rings is 1. The summed E-state index contributed by atoms with van der Waals surface area (Å²) in [5, 5.41) is 14.2. The van der Waals surface area contributed by atoms with Gasteiger partial charge in [0.15, 0.2) is 0 Å². The number of rotatable bonds is 7. The third kappa shape index (κ3) is 4.12. The summed E-state index contributed by atoms with van der Waals surface area (Å²) in [6, 6.07) is 9.53. The van der Waals surface area contributed by atoms with Crippen molar-refractivity contribution < 1.29 is 14.3 Å². The van der Waals surface area contributed by atoms with Gasteiger partial charge in [-0.1, -0.05) is 18.2 Å². The molecule has 0 saturated carbocycles. The average molecular weight is 340 g/mol. The summed E-state index contributed by atoms with van der Waals surface area (Å²) in [6.07, 6.45) is 4.33.